The monoisotopic (exact) mass is 240 g/mol. The van der Waals surface area contributed by atoms with E-state index in [9.17, 15) is 13.2 Å². The molecule has 1 rings (SSSR count). The van der Waals surface area contributed by atoms with Gasteiger partial charge in [-0.25, -0.2) is 8.42 Å². The smallest absolute Gasteiger partial charge is 0.175 e. The maximum absolute atomic E-state index is 11.5. The minimum absolute atomic E-state index is 0.182. The minimum atomic E-state index is -3.28. The zero-order valence-electron chi connectivity index (χ0n) is 9.94. The molecule has 0 aliphatic rings. The molecular weight excluding hydrogens is 224 g/mol. The van der Waals surface area contributed by atoms with Gasteiger partial charge >= 0.3 is 0 Å². The highest BCUT2D eigenvalue weighted by Crippen LogP contribution is 2.25. The molecule has 0 saturated heterocycles. The van der Waals surface area contributed by atoms with Gasteiger partial charge in [0, 0.05) is 11.8 Å². The van der Waals surface area contributed by atoms with Crippen molar-refractivity contribution in [1.29, 1.82) is 0 Å². The summed E-state index contributed by atoms with van der Waals surface area (Å²) in [4.78, 5) is 11.0. The van der Waals surface area contributed by atoms with Crippen LogP contribution in [0.2, 0.25) is 0 Å². The summed E-state index contributed by atoms with van der Waals surface area (Å²) < 4.78 is 22.9. The SMILES string of the molecule is CC(C)(C)c1cc(C=O)cc(S(C)(=O)=O)c1. The molecule has 0 aliphatic carbocycles. The topological polar surface area (TPSA) is 51.2 Å². The van der Waals surface area contributed by atoms with Gasteiger partial charge in [0.15, 0.2) is 9.84 Å². The Hall–Kier alpha value is -1.16. The van der Waals surface area contributed by atoms with Crippen LogP contribution in [0, 0.1) is 0 Å². The van der Waals surface area contributed by atoms with Crippen molar-refractivity contribution >= 4 is 16.1 Å². The summed E-state index contributed by atoms with van der Waals surface area (Å²) in [6, 6.07) is 4.75. The van der Waals surface area contributed by atoms with Crippen LogP contribution in [0.15, 0.2) is 23.1 Å². The number of carbonyl (C=O) groups excluding carboxylic acids is 1. The summed E-state index contributed by atoms with van der Waals surface area (Å²) in [5.41, 5.74) is 1.06. The average Bonchev–Trinajstić information content (AvgIpc) is 2.14. The van der Waals surface area contributed by atoms with Gasteiger partial charge in [-0.3, -0.25) is 4.79 Å². The van der Waals surface area contributed by atoms with E-state index in [0.717, 1.165) is 11.8 Å². The van der Waals surface area contributed by atoms with Crippen molar-refractivity contribution in [3.63, 3.8) is 0 Å². The maximum atomic E-state index is 11.5. The zero-order chi connectivity index (χ0) is 12.6. The Kier molecular flexibility index (Phi) is 3.24. The summed E-state index contributed by atoms with van der Waals surface area (Å²) in [6.45, 7) is 5.93. The molecule has 16 heavy (non-hydrogen) atoms. The molecule has 0 atom stereocenters. The fourth-order valence-corrected chi connectivity index (χ4v) is 2.03. The first-order valence-corrected chi connectivity index (χ1v) is 6.84. The highest BCUT2D eigenvalue weighted by atomic mass is 32.2. The van der Waals surface area contributed by atoms with Gasteiger partial charge in [-0.05, 0) is 29.2 Å². The molecule has 0 amide bonds. The van der Waals surface area contributed by atoms with Gasteiger partial charge < -0.3 is 0 Å². The Morgan fingerprint density at radius 3 is 2.06 bits per heavy atom. The van der Waals surface area contributed by atoms with Crippen molar-refractivity contribution in [2.24, 2.45) is 0 Å². The van der Waals surface area contributed by atoms with Crippen LogP contribution in [0.4, 0.5) is 0 Å². The van der Waals surface area contributed by atoms with Crippen LogP contribution < -0.4 is 0 Å². The molecule has 1 aromatic carbocycles. The van der Waals surface area contributed by atoms with Crippen molar-refractivity contribution in [3.05, 3.63) is 29.3 Å². The van der Waals surface area contributed by atoms with Crippen molar-refractivity contribution in [2.75, 3.05) is 6.26 Å². The van der Waals surface area contributed by atoms with E-state index in [2.05, 4.69) is 0 Å². The standard InChI is InChI=1S/C12H16O3S/c1-12(2,3)10-5-9(8-13)6-11(7-10)16(4,14)15/h5-8H,1-4H3. The number of aldehydes is 1. The van der Waals surface area contributed by atoms with Crippen molar-refractivity contribution < 1.29 is 13.2 Å². The molecular formula is C12H16O3S. The molecule has 0 heterocycles. The second-order valence-corrected chi connectivity index (χ2v) is 6.95. The zero-order valence-corrected chi connectivity index (χ0v) is 10.8. The van der Waals surface area contributed by atoms with Gasteiger partial charge in [-0.1, -0.05) is 20.8 Å². The fraction of sp³-hybridized carbons (Fsp3) is 0.417. The van der Waals surface area contributed by atoms with Crippen LogP contribution in [-0.4, -0.2) is 21.0 Å². The number of carbonyl (C=O) groups is 1. The summed E-state index contributed by atoms with van der Waals surface area (Å²) in [6.07, 6.45) is 1.81. The summed E-state index contributed by atoms with van der Waals surface area (Å²) in [5, 5.41) is 0. The van der Waals surface area contributed by atoms with E-state index in [0.29, 0.717) is 11.8 Å². The van der Waals surface area contributed by atoms with Gasteiger partial charge in [0.25, 0.3) is 0 Å². The van der Waals surface area contributed by atoms with E-state index in [1.54, 1.807) is 12.1 Å². The first-order chi connectivity index (χ1) is 7.14. The first kappa shape index (κ1) is 12.9. The third-order valence-electron chi connectivity index (χ3n) is 2.36. The molecule has 0 fully saturated rings. The molecule has 0 saturated carbocycles. The van der Waals surface area contributed by atoms with E-state index >= 15 is 0 Å². The van der Waals surface area contributed by atoms with Gasteiger partial charge in [0.2, 0.25) is 0 Å². The van der Waals surface area contributed by atoms with Crippen molar-refractivity contribution in [1.82, 2.24) is 0 Å². The Labute approximate surface area is 96.4 Å². The average molecular weight is 240 g/mol. The number of rotatable bonds is 2. The van der Waals surface area contributed by atoms with Crippen LogP contribution in [0.1, 0.15) is 36.7 Å². The van der Waals surface area contributed by atoms with E-state index in [1.165, 1.54) is 6.07 Å². The second-order valence-electron chi connectivity index (χ2n) is 4.93. The molecule has 1 aromatic rings. The van der Waals surface area contributed by atoms with E-state index in [-0.39, 0.29) is 10.3 Å². The molecule has 88 valence electrons. The minimum Gasteiger partial charge on any atom is -0.298 e. The Morgan fingerprint density at radius 1 is 1.12 bits per heavy atom. The quantitative estimate of drug-likeness (QED) is 0.745. The van der Waals surface area contributed by atoms with Crippen LogP contribution in [0.5, 0.6) is 0 Å². The van der Waals surface area contributed by atoms with E-state index < -0.39 is 9.84 Å². The van der Waals surface area contributed by atoms with E-state index in [4.69, 9.17) is 0 Å². The van der Waals surface area contributed by atoms with E-state index in [1.807, 2.05) is 20.8 Å². The highest BCUT2D eigenvalue weighted by molar-refractivity contribution is 7.90. The molecule has 0 aromatic heterocycles. The van der Waals surface area contributed by atoms with Crippen LogP contribution >= 0.6 is 0 Å². The van der Waals surface area contributed by atoms with Crippen LogP contribution in [0.3, 0.4) is 0 Å². The summed E-state index contributed by atoms with van der Waals surface area (Å²) in [5.74, 6) is 0. The van der Waals surface area contributed by atoms with Crippen LogP contribution in [0.25, 0.3) is 0 Å². The molecule has 4 heteroatoms. The largest absolute Gasteiger partial charge is 0.298 e. The Bertz CT molecular complexity index is 508. The predicted octanol–water partition coefficient (Wildman–Crippen LogP) is 2.20. The van der Waals surface area contributed by atoms with Crippen LogP contribution in [-0.2, 0) is 15.3 Å². The number of hydrogen-bond donors (Lipinski definition) is 0. The van der Waals surface area contributed by atoms with Gasteiger partial charge in [-0.2, -0.15) is 0 Å². The van der Waals surface area contributed by atoms with Crippen molar-refractivity contribution in [3.8, 4) is 0 Å². The van der Waals surface area contributed by atoms with Gasteiger partial charge in [0.1, 0.15) is 6.29 Å². The predicted molar refractivity (Wildman–Crippen MR) is 63.6 cm³/mol. The lowest BCUT2D eigenvalue weighted by molar-refractivity contribution is 0.112. The fourth-order valence-electron chi connectivity index (χ4n) is 1.34. The normalized spacial score (nSPS) is 12.5. The first-order valence-electron chi connectivity index (χ1n) is 4.95. The third kappa shape index (κ3) is 2.92. The number of benzene rings is 1. The van der Waals surface area contributed by atoms with Gasteiger partial charge in [0.05, 0.1) is 4.90 Å². The maximum Gasteiger partial charge on any atom is 0.175 e. The molecule has 0 bridgehead atoms. The van der Waals surface area contributed by atoms with Crippen molar-refractivity contribution in [2.45, 2.75) is 31.1 Å². The molecule has 3 nitrogen and oxygen atoms in total. The highest BCUT2D eigenvalue weighted by Gasteiger charge is 2.18. The molecule has 0 unspecified atom stereocenters. The summed E-state index contributed by atoms with van der Waals surface area (Å²) in [7, 11) is -3.28. The Morgan fingerprint density at radius 2 is 1.69 bits per heavy atom. The second kappa shape index (κ2) is 4.01. The van der Waals surface area contributed by atoms with Gasteiger partial charge in [-0.15, -0.1) is 0 Å². The lowest BCUT2D eigenvalue weighted by atomic mass is 9.86. The molecule has 0 radical (unpaired) electrons. The lowest BCUT2D eigenvalue weighted by Gasteiger charge is -2.20. The summed E-state index contributed by atoms with van der Waals surface area (Å²) >= 11 is 0. The lowest BCUT2D eigenvalue weighted by Crippen LogP contribution is -2.13. The third-order valence-corrected chi connectivity index (χ3v) is 3.45. The molecule has 0 N–H and O–H groups in total. The molecule has 0 spiro atoms. The Balaban J connectivity index is 3.51. The number of hydrogen-bond acceptors (Lipinski definition) is 3. The number of sulfone groups is 1. The molecule has 0 aliphatic heterocycles.